The Labute approximate surface area is 124 Å². The van der Waals surface area contributed by atoms with Crippen molar-refractivity contribution in [2.45, 2.75) is 6.92 Å². The van der Waals surface area contributed by atoms with Crippen molar-refractivity contribution < 1.29 is 4.79 Å². The maximum atomic E-state index is 12.1. The topological polar surface area (TPSA) is 55.1 Å². The number of hydrogen-bond donors (Lipinski definition) is 2. The van der Waals surface area contributed by atoms with Crippen molar-refractivity contribution in [2.75, 3.05) is 11.1 Å². The highest BCUT2D eigenvalue weighted by molar-refractivity contribution is 9.10. The molecule has 0 aliphatic carbocycles. The summed E-state index contributed by atoms with van der Waals surface area (Å²) in [5, 5.41) is 3.38. The monoisotopic (exact) mass is 338 g/mol. The quantitative estimate of drug-likeness (QED) is 0.804. The molecule has 0 spiro atoms. The molecule has 0 atom stereocenters. The molecule has 3 N–H and O–H groups in total. The third-order valence-corrected chi connectivity index (χ3v) is 3.83. The van der Waals surface area contributed by atoms with E-state index in [9.17, 15) is 4.79 Å². The first-order valence-corrected chi connectivity index (χ1v) is 6.77. The standard InChI is InChI=1S/C14H12BrClN2O/c1-8-5-6-9(7-12(8)16)18-14(19)10-3-2-4-11(15)13(10)17/h2-7H,17H2,1H3,(H,18,19). The highest BCUT2D eigenvalue weighted by Gasteiger charge is 2.12. The van der Waals surface area contributed by atoms with Gasteiger partial charge in [0.25, 0.3) is 5.91 Å². The van der Waals surface area contributed by atoms with Crippen LogP contribution in [0.5, 0.6) is 0 Å². The number of nitrogen functional groups attached to an aromatic ring is 1. The Balaban J connectivity index is 2.26. The van der Waals surface area contributed by atoms with Crippen LogP contribution in [0.4, 0.5) is 11.4 Å². The number of anilines is 2. The van der Waals surface area contributed by atoms with Crippen LogP contribution in [0, 0.1) is 6.92 Å². The lowest BCUT2D eigenvalue weighted by Crippen LogP contribution is -2.14. The molecule has 0 fully saturated rings. The number of nitrogens with one attached hydrogen (secondary N) is 1. The van der Waals surface area contributed by atoms with E-state index in [2.05, 4.69) is 21.2 Å². The number of amides is 1. The van der Waals surface area contributed by atoms with Gasteiger partial charge < -0.3 is 11.1 Å². The van der Waals surface area contributed by atoms with Gasteiger partial charge in [0, 0.05) is 15.2 Å². The number of carbonyl (C=O) groups is 1. The maximum absolute atomic E-state index is 12.1. The second-order valence-corrected chi connectivity index (χ2v) is 5.38. The van der Waals surface area contributed by atoms with Gasteiger partial charge in [0.15, 0.2) is 0 Å². The molecule has 0 aliphatic rings. The summed E-state index contributed by atoms with van der Waals surface area (Å²) in [4.78, 5) is 12.1. The Hall–Kier alpha value is -1.52. The fourth-order valence-corrected chi connectivity index (χ4v) is 2.15. The van der Waals surface area contributed by atoms with Crippen LogP contribution in [0.3, 0.4) is 0 Å². The van der Waals surface area contributed by atoms with E-state index in [1.807, 2.05) is 13.0 Å². The van der Waals surface area contributed by atoms with Crippen LogP contribution >= 0.6 is 27.5 Å². The largest absolute Gasteiger partial charge is 0.397 e. The predicted octanol–water partition coefficient (Wildman–Crippen LogP) is 4.25. The number of nitrogens with two attached hydrogens (primary N) is 1. The predicted molar refractivity (Wildman–Crippen MR) is 82.7 cm³/mol. The van der Waals surface area contributed by atoms with Crippen LogP contribution in [0.2, 0.25) is 5.02 Å². The summed E-state index contributed by atoms with van der Waals surface area (Å²) < 4.78 is 0.696. The van der Waals surface area contributed by atoms with Gasteiger partial charge >= 0.3 is 0 Å². The molecule has 0 saturated carbocycles. The highest BCUT2D eigenvalue weighted by Crippen LogP contribution is 2.25. The normalized spacial score (nSPS) is 10.3. The van der Waals surface area contributed by atoms with Crippen LogP contribution < -0.4 is 11.1 Å². The molecule has 2 aromatic rings. The first-order valence-electron chi connectivity index (χ1n) is 5.60. The van der Waals surface area contributed by atoms with Crippen LogP contribution in [0.1, 0.15) is 15.9 Å². The number of carbonyl (C=O) groups excluding carboxylic acids is 1. The molecule has 2 rings (SSSR count). The van der Waals surface area contributed by atoms with Crippen LogP contribution in [0.15, 0.2) is 40.9 Å². The Bertz CT molecular complexity index is 643. The average molecular weight is 340 g/mol. The van der Waals surface area contributed by atoms with E-state index < -0.39 is 0 Å². The highest BCUT2D eigenvalue weighted by atomic mass is 79.9. The lowest BCUT2D eigenvalue weighted by atomic mass is 10.1. The molecule has 0 aliphatic heterocycles. The Morgan fingerprint density at radius 2 is 2.05 bits per heavy atom. The van der Waals surface area contributed by atoms with Crippen molar-refractivity contribution in [1.29, 1.82) is 0 Å². The number of rotatable bonds is 2. The third-order valence-electron chi connectivity index (χ3n) is 2.73. The SMILES string of the molecule is Cc1ccc(NC(=O)c2cccc(Br)c2N)cc1Cl. The zero-order valence-corrected chi connectivity index (χ0v) is 12.5. The smallest absolute Gasteiger partial charge is 0.257 e. The van der Waals surface area contributed by atoms with Crippen LogP contribution in [0.25, 0.3) is 0 Å². The molecule has 0 heterocycles. The Morgan fingerprint density at radius 3 is 2.74 bits per heavy atom. The molecule has 19 heavy (non-hydrogen) atoms. The Kier molecular flexibility index (Phi) is 4.12. The minimum absolute atomic E-state index is 0.265. The van der Waals surface area contributed by atoms with Crippen LogP contribution in [-0.4, -0.2) is 5.91 Å². The van der Waals surface area contributed by atoms with E-state index in [0.29, 0.717) is 26.4 Å². The molecule has 3 nitrogen and oxygen atoms in total. The molecular formula is C14H12BrClN2O. The first kappa shape index (κ1) is 13.9. The minimum atomic E-state index is -0.265. The van der Waals surface area contributed by atoms with Gasteiger partial charge in [0.2, 0.25) is 0 Å². The van der Waals surface area contributed by atoms with Crippen molar-refractivity contribution in [2.24, 2.45) is 0 Å². The number of aryl methyl sites for hydroxylation is 1. The van der Waals surface area contributed by atoms with E-state index in [1.54, 1.807) is 30.3 Å². The van der Waals surface area contributed by atoms with Gasteiger partial charge in [-0.2, -0.15) is 0 Å². The summed E-state index contributed by atoms with van der Waals surface area (Å²) in [5.74, 6) is -0.265. The fraction of sp³-hybridized carbons (Fsp3) is 0.0714. The second-order valence-electron chi connectivity index (χ2n) is 4.12. The number of hydrogen-bond acceptors (Lipinski definition) is 2. The number of benzene rings is 2. The van der Waals surface area contributed by atoms with Crippen molar-refractivity contribution in [3.05, 3.63) is 57.0 Å². The zero-order chi connectivity index (χ0) is 14.0. The zero-order valence-electron chi connectivity index (χ0n) is 10.2. The van der Waals surface area contributed by atoms with Crippen molar-refractivity contribution >= 4 is 44.8 Å². The summed E-state index contributed by atoms with van der Waals surface area (Å²) in [6.07, 6.45) is 0. The molecule has 1 amide bonds. The second kappa shape index (κ2) is 5.63. The van der Waals surface area contributed by atoms with E-state index >= 15 is 0 Å². The fourth-order valence-electron chi connectivity index (χ4n) is 1.60. The Morgan fingerprint density at radius 1 is 1.32 bits per heavy atom. The molecule has 0 aromatic heterocycles. The van der Waals surface area contributed by atoms with Gasteiger partial charge in [-0.05, 0) is 52.7 Å². The van der Waals surface area contributed by atoms with Crippen molar-refractivity contribution in [1.82, 2.24) is 0 Å². The number of halogens is 2. The molecule has 5 heteroatoms. The summed E-state index contributed by atoms with van der Waals surface area (Å²) in [5.41, 5.74) is 8.29. The molecule has 0 unspecified atom stereocenters. The van der Waals surface area contributed by atoms with Crippen LogP contribution in [-0.2, 0) is 0 Å². The van der Waals surface area contributed by atoms with E-state index in [1.165, 1.54) is 0 Å². The molecular weight excluding hydrogens is 328 g/mol. The van der Waals surface area contributed by atoms with Gasteiger partial charge in [-0.3, -0.25) is 4.79 Å². The molecule has 0 bridgehead atoms. The van der Waals surface area contributed by atoms with Gasteiger partial charge in [-0.15, -0.1) is 0 Å². The summed E-state index contributed by atoms with van der Waals surface area (Å²) >= 11 is 9.31. The van der Waals surface area contributed by atoms with Gasteiger partial charge in [0.05, 0.1) is 11.3 Å². The van der Waals surface area contributed by atoms with E-state index in [-0.39, 0.29) is 5.91 Å². The molecule has 98 valence electrons. The van der Waals surface area contributed by atoms with Gasteiger partial charge in [-0.1, -0.05) is 23.7 Å². The molecule has 2 aromatic carbocycles. The maximum Gasteiger partial charge on any atom is 0.257 e. The average Bonchev–Trinajstić information content (AvgIpc) is 2.37. The lowest BCUT2D eigenvalue weighted by Gasteiger charge is -2.09. The first-order chi connectivity index (χ1) is 8.99. The van der Waals surface area contributed by atoms with Gasteiger partial charge in [0.1, 0.15) is 0 Å². The summed E-state index contributed by atoms with van der Waals surface area (Å²) in [6.45, 7) is 1.90. The van der Waals surface area contributed by atoms with Crippen molar-refractivity contribution in [3.8, 4) is 0 Å². The number of para-hydroxylation sites is 1. The third kappa shape index (κ3) is 3.08. The minimum Gasteiger partial charge on any atom is -0.397 e. The lowest BCUT2D eigenvalue weighted by molar-refractivity contribution is 0.102. The molecule has 0 saturated heterocycles. The summed E-state index contributed by atoms with van der Waals surface area (Å²) in [7, 11) is 0. The summed E-state index contributed by atoms with van der Waals surface area (Å²) in [6, 6.07) is 10.6. The van der Waals surface area contributed by atoms with Gasteiger partial charge in [-0.25, -0.2) is 0 Å². The molecule has 0 radical (unpaired) electrons. The van der Waals surface area contributed by atoms with E-state index in [0.717, 1.165) is 5.56 Å². The van der Waals surface area contributed by atoms with E-state index in [4.69, 9.17) is 17.3 Å². The van der Waals surface area contributed by atoms with Crippen molar-refractivity contribution in [3.63, 3.8) is 0 Å².